The van der Waals surface area contributed by atoms with Crippen molar-refractivity contribution < 1.29 is 9.59 Å². The summed E-state index contributed by atoms with van der Waals surface area (Å²) in [6, 6.07) is 4.65. The number of piperidine rings is 1. The molecule has 6 N–H and O–H groups in total. The summed E-state index contributed by atoms with van der Waals surface area (Å²) in [7, 11) is 1.98. The summed E-state index contributed by atoms with van der Waals surface area (Å²) in [6.45, 7) is 6.34. The molecule has 0 aromatic heterocycles. The van der Waals surface area contributed by atoms with Gasteiger partial charge in [0.15, 0.2) is 0 Å². The Morgan fingerprint density at radius 3 is 2.09 bits per heavy atom. The highest BCUT2D eigenvalue weighted by Crippen LogP contribution is 2.43. The molecule has 1 fully saturated rings. The molecule has 0 saturated carbocycles. The topological polar surface area (TPSA) is 115 Å². The molecule has 1 aromatic carbocycles. The summed E-state index contributed by atoms with van der Waals surface area (Å²) in [5, 5.41) is 0. The van der Waals surface area contributed by atoms with Gasteiger partial charge in [-0.3, -0.25) is 14.5 Å². The molecule has 3 unspecified atom stereocenters. The summed E-state index contributed by atoms with van der Waals surface area (Å²) in [5.41, 5.74) is 18.4. The number of amides is 2. The molecular weight excluding hydrogens is 292 g/mol. The van der Waals surface area contributed by atoms with Gasteiger partial charge in [-0.05, 0) is 50.9 Å². The third-order valence-corrected chi connectivity index (χ3v) is 5.60. The molecule has 0 spiro atoms. The van der Waals surface area contributed by atoms with E-state index in [0.29, 0.717) is 23.1 Å². The number of primary amides is 2. The quantitative estimate of drug-likeness (QED) is 0.771. The highest BCUT2D eigenvalue weighted by molar-refractivity contribution is 6.01. The van der Waals surface area contributed by atoms with Gasteiger partial charge in [0.25, 0.3) is 0 Å². The standard InChI is InChI=1S/C17H26N4O2/c1-9-12(18)8-13(21(4)17(9,2)3)14-10(15(19)22)6-5-7-11(14)16(20)23/h5-7,9,12-13H,8,18H2,1-4H3,(H2,19,22)(H2,20,23). The number of benzene rings is 1. The fourth-order valence-corrected chi connectivity index (χ4v) is 3.53. The molecule has 126 valence electrons. The normalized spacial score (nSPS) is 27.6. The smallest absolute Gasteiger partial charge is 0.249 e. The Morgan fingerprint density at radius 1 is 1.17 bits per heavy atom. The first kappa shape index (κ1) is 17.4. The third-order valence-electron chi connectivity index (χ3n) is 5.60. The predicted molar refractivity (Wildman–Crippen MR) is 89.8 cm³/mol. The van der Waals surface area contributed by atoms with Crippen molar-refractivity contribution in [3.05, 3.63) is 34.9 Å². The molecule has 23 heavy (non-hydrogen) atoms. The Bertz CT molecular complexity index is 609. The first-order chi connectivity index (χ1) is 10.6. The van der Waals surface area contributed by atoms with Crippen molar-refractivity contribution in [1.82, 2.24) is 4.90 Å². The molecule has 1 aliphatic heterocycles. The van der Waals surface area contributed by atoms with E-state index in [1.54, 1.807) is 18.2 Å². The molecule has 3 atom stereocenters. The number of hydrogen-bond acceptors (Lipinski definition) is 4. The highest BCUT2D eigenvalue weighted by Gasteiger charge is 2.45. The monoisotopic (exact) mass is 318 g/mol. The van der Waals surface area contributed by atoms with Crippen LogP contribution in [0.4, 0.5) is 0 Å². The largest absolute Gasteiger partial charge is 0.366 e. The van der Waals surface area contributed by atoms with Crippen LogP contribution in [0.1, 0.15) is 59.5 Å². The zero-order valence-corrected chi connectivity index (χ0v) is 14.2. The molecule has 6 nitrogen and oxygen atoms in total. The van der Waals surface area contributed by atoms with Gasteiger partial charge in [0.05, 0.1) is 0 Å². The van der Waals surface area contributed by atoms with Crippen LogP contribution in [-0.4, -0.2) is 35.3 Å². The van der Waals surface area contributed by atoms with E-state index in [4.69, 9.17) is 17.2 Å². The summed E-state index contributed by atoms with van der Waals surface area (Å²) < 4.78 is 0. The Hall–Kier alpha value is -1.92. The maximum absolute atomic E-state index is 11.9. The molecule has 0 bridgehead atoms. The number of carbonyl (C=O) groups is 2. The van der Waals surface area contributed by atoms with E-state index in [0.717, 1.165) is 0 Å². The second kappa shape index (κ2) is 5.94. The number of nitrogens with zero attached hydrogens (tertiary/aromatic N) is 1. The average molecular weight is 318 g/mol. The maximum Gasteiger partial charge on any atom is 0.249 e. The molecule has 1 aliphatic rings. The van der Waals surface area contributed by atoms with Crippen LogP contribution in [0.3, 0.4) is 0 Å². The van der Waals surface area contributed by atoms with Gasteiger partial charge in [-0.1, -0.05) is 13.0 Å². The molecule has 0 aliphatic carbocycles. The van der Waals surface area contributed by atoms with Crippen LogP contribution in [0.15, 0.2) is 18.2 Å². The van der Waals surface area contributed by atoms with Crippen LogP contribution in [-0.2, 0) is 0 Å². The Labute approximate surface area is 137 Å². The third kappa shape index (κ3) is 2.84. The van der Waals surface area contributed by atoms with E-state index in [1.807, 2.05) is 7.05 Å². The zero-order valence-electron chi connectivity index (χ0n) is 14.2. The molecule has 2 rings (SSSR count). The minimum absolute atomic E-state index is 0.0483. The van der Waals surface area contributed by atoms with Crippen molar-refractivity contribution in [2.45, 2.75) is 44.8 Å². The minimum Gasteiger partial charge on any atom is -0.366 e. The molecule has 1 aromatic rings. The summed E-state index contributed by atoms with van der Waals surface area (Å²) >= 11 is 0. The lowest BCUT2D eigenvalue weighted by molar-refractivity contribution is -0.00684. The molecule has 6 heteroatoms. The number of nitrogens with two attached hydrogens (primary N) is 3. The lowest BCUT2D eigenvalue weighted by Crippen LogP contribution is -2.59. The van der Waals surface area contributed by atoms with Gasteiger partial charge in [0.2, 0.25) is 11.8 Å². The predicted octanol–water partition coefficient (Wildman–Crippen LogP) is 1.00. The average Bonchev–Trinajstić information content (AvgIpc) is 2.48. The fourth-order valence-electron chi connectivity index (χ4n) is 3.53. The van der Waals surface area contributed by atoms with Crippen molar-refractivity contribution in [3.63, 3.8) is 0 Å². The van der Waals surface area contributed by atoms with Gasteiger partial charge in [-0.2, -0.15) is 0 Å². The molecule has 2 amide bonds. The van der Waals surface area contributed by atoms with Crippen LogP contribution in [0.5, 0.6) is 0 Å². The van der Waals surface area contributed by atoms with Crippen molar-refractivity contribution in [2.75, 3.05) is 7.05 Å². The second-order valence-electron chi connectivity index (χ2n) is 6.96. The number of carbonyl (C=O) groups excluding carboxylic acids is 2. The van der Waals surface area contributed by atoms with Gasteiger partial charge in [-0.15, -0.1) is 0 Å². The Balaban J connectivity index is 2.65. The van der Waals surface area contributed by atoms with Crippen molar-refractivity contribution in [3.8, 4) is 0 Å². The van der Waals surface area contributed by atoms with E-state index >= 15 is 0 Å². The summed E-state index contributed by atoms with van der Waals surface area (Å²) in [5.74, 6) is -0.871. The van der Waals surface area contributed by atoms with E-state index in [-0.39, 0.29) is 23.5 Å². The molecule has 1 heterocycles. The molecular formula is C17H26N4O2. The lowest BCUT2D eigenvalue weighted by Gasteiger charge is -2.52. The first-order valence-electron chi connectivity index (χ1n) is 7.80. The Morgan fingerprint density at radius 2 is 1.65 bits per heavy atom. The van der Waals surface area contributed by atoms with E-state index in [9.17, 15) is 9.59 Å². The van der Waals surface area contributed by atoms with Crippen LogP contribution >= 0.6 is 0 Å². The number of hydrogen-bond donors (Lipinski definition) is 3. The molecule has 1 saturated heterocycles. The van der Waals surface area contributed by atoms with Gasteiger partial charge in [0.1, 0.15) is 0 Å². The van der Waals surface area contributed by atoms with E-state index in [2.05, 4.69) is 25.7 Å². The number of likely N-dealkylation sites (tertiary alicyclic amines) is 1. The number of rotatable bonds is 3. The Kier molecular flexibility index (Phi) is 4.50. The summed E-state index contributed by atoms with van der Waals surface area (Å²) in [4.78, 5) is 25.9. The van der Waals surface area contributed by atoms with Crippen LogP contribution in [0, 0.1) is 5.92 Å². The maximum atomic E-state index is 11.9. The van der Waals surface area contributed by atoms with Crippen molar-refractivity contribution >= 4 is 11.8 Å². The van der Waals surface area contributed by atoms with Gasteiger partial charge >= 0.3 is 0 Å². The fraction of sp³-hybridized carbons (Fsp3) is 0.529. The van der Waals surface area contributed by atoms with Crippen molar-refractivity contribution in [2.24, 2.45) is 23.1 Å². The van der Waals surface area contributed by atoms with Crippen LogP contribution < -0.4 is 17.2 Å². The van der Waals surface area contributed by atoms with E-state index < -0.39 is 11.8 Å². The van der Waals surface area contributed by atoms with Gasteiger partial charge in [0, 0.05) is 28.7 Å². The minimum atomic E-state index is -0.568. The lowest BCUT2D eigenvalue weighted by atomic mass is 9.72. The summed E-state index contributed by atoms with van der Waals surface area (Å²) in [6.07, 6.45) is 0.631. The molecule has 0 radical (unpaired) electrons. The highest BCUT2D eigenvalue weighted by atomic mass is 16.1. The van der Waals surface area contributed by atoms with E-state index in [1.165, 1.54) is 0 Å². The van der Waals surface area contributed by atoms with Gasteiger partial charge in [-0.25, -0.2) is 0 Å². The van der Waals surface area contributed by atoms with Gasteiger partial charge < -0.3 is 17.2 Å². The van der Waals surface area contributed by atoms with Crippen LogP contribution in [0.25, 0.3) is 0 Å². The van der Waals surface area contributed by atoms with Crippen molar-refractivity contribution in [1.29, 1.82) is 0 Å². The van der Waals surface area contributed by atoms with Crippen LogP contribution in [0.2, 0.25) is 0 Å². The zero-order chi connectivity index (χ0) is 17.5. The second-order valence-corrected chi connectivity index (χ2v) is 6.96. The first-order valence-corrected chi connectivity index (χ1v) is 7.80. The SMILES string of the molecule is CC1C(N)CC(c2c(C(N)=O)cccc2C(N)=O)N(C)C1(C)C.